The third-order valence-electron chi connectivity index (χ3n) is 2.47. The minimum Gasteiger partial charge on any atom is -0.468 e. The van der Waals surface area contributed by atoms with Crippen molar-refractivity contribution in [1.82, 2.24) is 9.97 Å². The van der Waals surface area contributed by atoms with Gasteiger partial charge in [0.1, 0.15) is 11.4 Å². The van der Waals surface area contributed by atoms with Gasteiger partial charge in [0.2, 0.25) is 0 Å². The second-order valence-corrected chi connectivity index (χ2v) is 5.11. The van der Waals surface area contributed by atoms with E-state index in [9.17, 15) is 13.2 Å². The highest BCUT2D eigenvalue weighted by atomic mass is 19.4. The highest BCUT2D eigenvalue weighted by Crippen LogP contribution is 2.36. The maximum Gasteiger partial charge on any atom is 0.423 e. The molecule has 0 aliphatic carbocycles. The highest BCUT2D eigenvalue weighted by molar-refractivity contribution is 5.69. The molecule has 0 radical (unpaired) electrons. The number of alkyl halides is 3. The van der Waals surface area contributed by atoms with Crippen LogP contribution in [0, 0.1) is 0 Å². The van der Waals surface area contributed by atoms with Crippen molar-refractivity contribution < 1.29 is 22.6 Å². The fraction of sp³-hybridized carbons (Fsp3) is 0.538. The first kappa shape index (κ1) is 16.3. The number of allylic oxidation sites excluding steroid dienone is 1. The molecule has 20 heavy (non-hydrogen) atoms. The fourth-order valence-electron chi connectivity index (χ4n) is 1.53. The van der Waals surface area contributed by atoms with Gasteiger partial charge in [-0.05, 0) is 0 Å². The molecule has 4 nitrogen and oxygen atoms in total. The summed E-state index contributed by atoms with van der Waals surface area (Å²) in [6.07, 6.45) is -2.39. The Bertz CT molecular complexity index is 482. The van der Waals surface area contributed by atoms with Gasteiger partial charge in [-0.2, -0.15) is 13.2 Å². The van der Waals surface area contributed by atoms with Crippen LogP contribution < -0.4 is 0 Å². The van der Waals surface area contributed by atoms with Crippen LogP contribution >= 0.6 is 0 Å². The molecule has 1 rings (SSSR count). The molecule has 0 aliphatic rings. The Morgan fingerprint density at radius 3 is 1.75 bits per heavy atom. The molecule has 112 valence electrons. The van der Waals surface area contributed by atoms with Crippen molar-refractivity contribution in [2.45, 2.75) is 32.4 Å². The van der Waals surface area contributed by atoms with Gasteiger partial charge in [0.05, 0.1) is 14.2 Å². The van der Waals surface area contributed by atoms with Crippen LogP contribution in [0.25, 0.3) is 5.57 Å². The van der Waals surface area contributed by atoms with Crippen LogP contribution in [0.1, 0.15) is 32.2 Å². The van der Waals surface area contributed by atoms with Crippen molar-refractivity contribution in [2.24, 2.45) is 0 Å². The second-order valence-electron chi connectivity index (χ2n) is 5.11. The Labute approximate surface area is 115 Å². The molecular formula is C13H17F3N2O2. The second kappa shape index (κ2) is 5.68. The lowest BCUT2D eigenvalue weighted by Crippen LogP contribution is -2.18. The van der Waals surface area contributed by atoms with Crippen LogP contribution in [0.15, 0.2) is 18.3 Å². The Kier molecular flexibility index (Phi) is 4.62. The number of nitrogens with zero attached hydrogens (tertiary/aromatic N) is 2. The van der Waals surface area contributed by atoms with Gasteiger partial charge in [0.15, 0.2) is 0 Å². The number of hydrogen-bond acceptors (Lipinski definition) is 4. The predicted octanol–water partition coefficient (Wildman–Crippen LogP) is 3.30. The molecule has 0 unspecified atom stereocenters. The van der Waals surface area contributed by atoms with E-state index < -0.39 is 17.7 Å². The molecule has 0 aromatic carbocycles. The van der Waals surface area contributed by atoms with E-state index >= 15 is 0 Å². The summed E-state index contributed by atoms with van der Waals surface area (Å²) < 4.78 is 48.5. The first-order valence-corrected chi connectivity index (χ1v) is 5.83. The number of methoxy groups -OCH3 is 2. The summed E-state index contributed by atoms with van der Waals surface area (Å²) in [5, 5.41) is 0. The molecule has 0 fully saturated rings. The lowest BCUT2D eigenvalue weighted by Gasteiger charge is -2.18. The zero-order valence-electron chi connectivity index (χ0n) is 12.0. The van der Waals surface area contributed by atoms with Crippen molar-refractivity contribution in [3.63, 3.8) is 0 Å². The molecule has 0 aliphatic heterocycles. The minimum absolute atomic E-state index is 0.204. The average molecular weight is 290 g/mol. The van der Waals surface area contributed by atoms with E-state index in [1.54, 1.807) is 0 Å². The molecular weight excluding hydrogens is 273 g/mol. The van der Waals surface area contributed by atoms with Crippen molar-refractivity contribution >= 4 is 5.57 Å². The van der Waals surface area contributed by atoms with Crippen molar-refractivity contribution in [2.75, 3.05) is 14.2 Å². The van der Waals surface area contributed by atoms with Gasteiger partial charge in [-0.15, -0.1) is 0 Å². The molecule has 0 saturated carbocycles. The summed E-state index contributed by atoms with van der Waals surface area (Å²) in [4.78, 5) is 7.96. The summed E-state index contributed by atoms with van der Waals surface area (Å²) in [6, 6.07) is 0. The van der Waals surface area contributed by atoms with E-state index in [2.05, 4.69) is 19.4 Å². The molecule has 0 atom stereocenters. The molecule has 1 heterocycles. The Balaban J connectivity index is 3.35. The maximum atomic E-state index is 13.1. The maximum absolute atomic E-state index is 13.1. The molecule has 0 bridgehead atoms. The van der Waals surface area contributed by atoms with Gasteiger partial charge in [0.25, 0.3) is 5.95 Å². The van der Waals surface area contributed by atoms with E-state index in [4.69, 9.17) is 0 Å². The summed E-state index contributed by atoms with van der Waals surface area (Å²) >= 11 is 0. The summed E-state index contributed by atoms with van der Waals surface area (Å²) in [5.74, 6) is -0.163. The molecule has 0 spiro atoms. The largest absolute Gasteiger partial charge is 0.468 e. The topological polar surface area (TPSA) is 44.2 Å². The molecule has 1 aromatic heterocycles. The third-order valence-corrected chi connectivity index (χ3v) is 2.47. The SMILES string of the molecule is COC(OC)=C(c1cnc(C(C)(C)C)nc1)C(F)(F)F. The average Bonchev–Trinajstić information content (AvgIpc) is 2.33. The van der Waals surface area contributed by atoms with Crippen LogP contribution in [0.5, 0.6) is 0 Å². The van der Waals surface area contributed by atoms with Crippen LogP contribution in [0.4, 0.5) is 13.2 Å². The number of rotatable bonds is 3. The fourth-order valence-corrected chi connectivity index (χ4v) is 1.53. The van der Waals surface area contributed by atoms with Gasteiger partial charge in [-0.3, -0.25) is 0 Å². The van der Waals surface area contributed by atoms with Crippen molar-refractivity contribution in [1.29, 1.82) is 0 Å². The number of aromatic nitrogens is 2. The molecule has 0 amide bonds. The van der Waals surface area contributed by atoms with E-state index in [1.807, 2.05) is 20.8 Å². The smallest absolute Gasteiger partial charge is 0.423 e. The van der Waals surface area contributed by atoms with Gasteiger partial charge >= 0.3 is 6.18 Å². The van der Waals surface area contributed by atoms with Gasteiger partial charge in [-0.1, -0.05) is 20.8 Å². The van der Waals surface area contributed by atoms with Gasteiger partial charge in [-0.25, -0.2) is 9.97 Å². The molecule has 0 saturated heterocycles. The van der Waals surface area contributed by atoms with Crippen LogP contribution in [-0.4, -0.2) is 30.4 Å². The molecule has 0 N–H and O–H groups in total. The molecule has 7 heteroatoms. The summed E-state index contributed by atoms with van der Waals surface area (Å²) in [6.45, 7) is 5.62. The third kappa shape index (κ3) is 3.61. The Morgan fingerprint density at radius 2 is 1.45 bits per heavy atom. The van der Waals surface area contributed by atoms with E-state index in [0.717, 1.165) is 26.6 Å². The van der Waals surface area contributed by atoms with E-state index in [0.29, 0.717) is 5.82 Å². The van der Waals surface area contributed by atoms with E-state index in [1.165, 1.54) is 0 Å². The highest BCUT2D eigenvalue weighted by Gasteiger charge is 2.40. The standard InChI is InChI=1S/C13H17F3N2O2/c1-12(2,3)11-17-6-8(7-18-11)9(13(14,15)16)10(19-4)20-5/h6-7H,1-5H3. The van der Waals surface area contributed by atoms with Crippen molar-refractivity contribution in [3.05, 3.63) is 29.7 Å². The van der Waals surface area contributed by atoms with Crippen LogP contribution in [0.2, 0.25) is 0 Å². The lowest BCUT2D eigenvalue weighted by molar-refractivity contribution is -0.0752. The van der Waals surface area contributed by atoms with Gasteiger partial charge < -0.3 is 9.47 Å². The summed E-state index contributed by atoms with van der Waals surface area (Å²) in [7, 11) is 2.21. The first-order valence-electron chi connectivity index (χ1n) is 5.83. The van der Waals surface area contributed by atoms with E-state index in [-0.39, 0.29) is 11.0 Å². The minimum atomic E-state index is -4.63. The van der Waals surface area contributed by atoms with Gasteiger partial charge in [0, 0.05) is 23.4 Å². The number of hydrogen-bond donors (Lipinski definition) is 0. The zero-order valence-corrected chi connectivity index (χ0v) is 12.0. The monoisotopic (exact) mass is 290 g/mol. The Hall–Kier alpha value is -1.79. The lowest BCUT2D eigenvalue weighted by atomic mass is 9.95. The summed E-state index contributed by atoms with van der Waals surface area (Å²) in [5.41, 5.74) is -1.58. The zero-order chi connectivity index (χ0) is 15.6. The Morgan fingerprint density at radius 1 is 1.00 bits per heavy atom. The molecule has 1 aromatic rings. The number of halogens is 3. The first-order chi connectivity index (χ1) is 9.11. The number of ether oxygens (including phenoxy) is 2. The predicted molar refractivity (Wildman–Crippen MR) is 67.7 cm³/mol. The van der Waals surface area contributed by atoms with Crippen LogP contribution in [-0.2, 0) is 14.9 Å². The van der Waals surface area contributed by atoms with Crippen LogP contribution in [0.3, 0.4) is 0 Å². The van der Waals surface area contributed by atoms with Crippen molar-refractivity contribution in [3.8, 4) is 0 Å². The quantitative estimate of drug-likeness (QED) is 0.801. The normalized spacial score (nSPS) is 12.0.